The Bertz CT molecular complexity index is 1300. The van der Waals surface area contributed by atoms with Crippen LogP contribution in [0.25, 0.3) is 10.9 Å². The maximum Gasteiger partial charge on any atom is 0.330 e. The third kappa shape index (κ3) is 9.70. The summed E-state index contributed by atoms with van der Waals surface area (Å²) in [5.41, 5.74) is 0.204. The molecule has 2 N–H and O–H groups in total. The van der Waals surface area contributed by atoms with Crippen molar-refractivity contribution in [3.8, 4) is 0 Å². The predicted molar refractivity (Wildman–Crippen MR) is 152 cm³/mol. The van der Waals surface area contributed by atoms with Crippen molar-refractivity contribution in [1.82, 2.24) is 20.5 Å². The molecule has 220 valence electrons. The number of amides is 3. The Morgan fingerprint density at radius 3 is 2.61 bits per heavy atom. The van der Waals surface area contributed by atoms with Crippen molar-refractivity contribution in [2.24, 2.45) is 0 Å². The highest BCUT2D eigenvalue weighted by molar-refractivity contribution is 5.97. The van der Waals surface area contributed by atoms with Crippen LogP contribution in [0.2, 0.25) is 0 Å². The van der Waals surface area contributed by atoms with E-state index in [2.05, 4.69) is 15.6 Å². The van der Waals surface area contributed by atoms with Crippen LogP contribution in [-0.4, -0.2) is 76.9 Å². The molecule has 11 nitrogen and oxygen atoms in total. The first-order chi connectivity index (χ1) is 19.5. The van der Waals surface area contributed by atoms with E-state index in [-0.39, 0.29) is 31.7 Å². The van der Waals surface area contributed by atoms with Crippen LogP contribution >= 0.6 is 0 Å². The van der Waals surface area contributed by atoms with Crippen LogP contribution in [0, 0.1) is 0 Å². The molecule has 0 bridgehead atoms. The average Bonchev–Trinajstić information content (AvgIpc) is 3.42. The number of fused-ring (bicyclic) bond motifs is 1. The molecule has 1 aliphatic heterocycles. The summed E-state index contributed by atoms with van der Waals surface area (Å²) in [6.45, 7) is 7.24. The molecule has 2 atom stereocenters. The molecule has 2 aromatic rings. The summed E-state index contributed by atoms with van der Waals surface area (Å²) >= 11 is 0. The van der Waals surface area contributed by atoms with E-state index in [4.69, 9.17) is 9.47 Å². The molecule has 11 heteroatoms. The van der Waals surface area contributed by atoms with Gasteiger partial charge in [-0.1, -0.05) is 30.3 Å². The fourth-order valence-electron chi connectivity index (χ4n) is 4.42. The second-order valence-corrected chi connectivity index (χ2v) is 10.7. The molecule has 1 saturated heterocycles. The lowest BCUT2D eigenvalue weighted by molar-refractivity contribution is -0.155. The van der Waals surface area contributed by atoms with Crippen LogP contribution in [0.1, 0.15) is 63.9 Å². The zero-order chi connectivity index (χ0) is 30.0. The van der Waals surface area contributed by atoms with Gasteiger partial charge in [-0.15, -0.1) is 0 Å². The summed E-state index contributed by atoms with van der Waals surface area (Å²) < 4.78 is 10.3. The fraction of sp³-hybridized carbons (Fsp3) is 0.467. The van der Waals surface area contributed by atoms with Crippen LogP contribution in [0.3, 0.4) is 0 Å². The minimum atomic E-state index is -0.752. The van der Waals surface area contributed by atoms with Gasteiger partial charge < -0.3 is 25.0 Å². The van der Waals surface area contributed by atoms with E-state index in [0.29, 0.717) is 24.9 Å². The number of hydrogen-bond acceptors (Lipinski definition) is 8. The van der Waals surface area contributed by atoms with Gasteiger partial charge in [0, 0.05) is 30.5 Å². The molecule has 1 aromatic heterocycles. The number of aromatic nitrogens is 1. The lowest BCUT2D eigenvalue weighted by Crippen LogP contribution is -2.50. The fourth-order valence-corrected chi connectivity index (χ4v) is 4.42. The van der Waals surface area contributed by atoms with E-state index in [9.17, 15) is 24.0 Å². The predicted octanol–water partition coefficient (Wildman–Crippen LogP) is 2.68. The normalized spacial score (nSPS) is 15.9. The number of benzene rings is 1. The summed E-state index contributed by atoms with van der Waals surface area (Å²) in [7, 11) is 0. The molecule has 0 aliphatic carbocycles. The number of carbonyl (C=O) groups is 5. The van der Waals surface area contributed by atoms with Crippen molar-refractivity contribution >= 4 is 40.6 Å². The maximum absolute atomic E-state index is 13.2. The quantitative estimate of drug-likeness (QED) is 0.312. The van der Waals surface area contributed by atoms with Gasteiger partial charge in [0.1, 0.15) is 17.3 Å². The Balaban J connectivity index is 1.60. The zero-order valence-electron chi connectivity index (χ0n) is 24.0. The first kappa shape index (κ1) is 31.3. The molecule has 3 rings (SSSR count). The second kappa shape index (κ2) is 14.4. The number of esters is 2. The third-order valence-corrected chi connectivity index (χ3v) is 6.27. The minimum Gasteiger partial charge on any atom is -0.463 e. The standard InChI is InChI=1S/C30H38N4O7/c1-5-40-26(36)16-13-21(14-17-27(37)41-30(2,3)4)32-29(39)24-11-8-18-34(24)25(35)19-31-28(38)23-15-12-20-9-6-7-10-22(20)33-23/h6-7,9-10,12-13,15-16,21,24H,5,8,11,14,17-19H2,1-4H3,(H,31,38)(H,32,39). The van der Waals surface area contributed by atoms with E-state index in [1.54, 1.807) is 45.9 Å². The number of rotatable bonds is 11. The van der Waals surface area contributed by atoms with Crippen LogP contribution in [0.4, 0.5) is 0 Å². The maximum atomic E-state index is 13.2. The van der Waals surface area contributed by atoms with E-state index in [0.717, 1.165) is 5.39 Å². The molecule has 2 heterocycles. The van der Waals surface area contributed by atoms with E-state index < -0.39 is 47.3 Å². The van der Waals surface area contributed by atoms with Crippen molar-refractivity contribution in [3.05, 3.63) is 54.2 Å². The lowest BCUT2D eigenvalue weighted by atomic mass is 10.1. The molecule has 0 spiro atoms. The molecule has 1 aromatic carbocycles. The molecule has 1 fully saturated rings. The minimum absolute atomic E-state index is 0.0114. The average molecular weight is 567 g/mol. The smallest absolute Gasteiger partial charge is 0.330 e. The summed E-state index contributed by atoms with van der Waals surface area (Å²) in [5.74, 6) is -2.31. The van der Waals surface area contributed by atoms with Crippen molar-refractivity contribution in [2.75, 3.05) is 19.7 Å². The molecule has 1 aliphatic rings. The van der Waals surface area contributed by atoms with Gasteiger partial charge in [0.05, 0.1) is 18.7 Å². The first-order valence-electron chi connectivity index (χ1n) is 13.8. The number of nitrogens with zero attached hydrogens (tertiary/aromatic N) is 2. The van der Waals surface area contributed by atoms with Gasteiger partial charge in [-0.05, 0) is 59.1 Å². The topological polar surface area (TPSA) is 144 Å². The molecule has 0 radical (unpaired) electrons. The molecular weight excluding hydrogens is 528 g/mol. The van der Waals surface area contributed by atoms with Gasteiger partial charge in [0.25, 0.3) is 5.91 Å². The molecular formula is C30H38N4O7. The Morgan fingerprint density at radius 1 is 1.12 bits per heavy atom. The lowest BCUT2D eigenvalue weighted by Gasteiger charge is -2.26. The Morgan fingerprint density at radius 2 is 1.88 bits per heavy atom. The number of carbonyl (C=O) groups excluding carboxylic acids is 5. The Kier molecular flexibility index (Phi) is 11.0. The van der Waals surface area contributed by atoms with Crippen molar-refractivity contribution < 1.29 is 33.4 Å². The van der Waals surface area contributed by atoms with Crippen molar-refractivity contribution in [2.45, 2.75) is 71.1 Å². The van der Waals surface area contributed by atoms with Gasteiger partial charge in [-0.25, -0.2) is 9.78 Å². The highest BCUT2D eigenvalue weighted by Crippen LogP contribution is 2.19. The zero-order valence-corrected chi connectivity index (χ0v) is 24.0. The largest absolute Gasteiger partial charge is 0.463 e. The number of nitrogens with one attached hydrogen (secondary N) is 2. The van der Waals surface area contributed by atoms with Crippen LogP contribution in [0.15, 0.2) is 48.6 Å². The van der Waals surface area contributed by atoms with Crippen molar-refractivity contribution in [3.63, 3.8) is 0 Å². The monoisotopic (exact) mass is 566 g/mol. The van der Waals surface area contributed by atoms with E-state index in [1.165, 1.54) is 17.1 Å². The first-order valence-corrected chi connectivity index (χ1v) is 13.8. The number of para-hydroxylation sites is 1. The third-order valence-electron chi connectivity index (χ3n) is 6.27. The summed E-state index contributed by atoms with van der Waals surface area (Å²) in [6.07, 6.45) is 3.93. The second-order valence-electron chi connectivity index (χ2n) is 10.7. The van der Waals surface area contributed by atoms with Crippen LogP contribution in [-0.2, 0) is 28.7 Å². The van der Waals surface area contributed by atoms with E-state index in [1.807, 2.05) is 18.2 Å². The van der Waals surface area contributed by atoms with Gasteiger partial charge >= 0.3 is 11.9 Å². The number of ether oxygens (including phenoxy) is 2. The van der Waals surface area contributed by atoms with Gasteiger partial charge in [-0.2, -0.15) is 0 Å². The summed E-state index contributed by atoms with van der Waals surface area (Å²) in [5, 5.41) is 6.33. The summed E-state index contributed by atoms with van der Waals surface area (Å²) in [4.78, 5) is 68.7. The number of likely N-dealkylation sites (tertiary alicyclic amines) is 1. The van der Waals surface area contributed by atoms with E-state index >= 15 is 0 Å². The SMILES string of the molecule is CCOC(=O)C=CC(CCC(=O)OC(C)(C)C)NC(=O)C1CCCN1C(=O)CNC(=O)c1ccc2ccccc2n1. The number of hydrogen-bond donors (Lipinski definition) is 2. The molecule has 3 amide bonds. The van der Waals surface area contributed by atoms with Crippen LogP contribution in [0.5, 0.6) is 0 Å². The van der Waals surface area contributed by atoms with Gasteiger partial charge in [0.15, 0.2) is 0 Å². The molecule has 2 unspecified atom stereocenters. The number of pyridine rings is 1. The van der Waals surface area contributed by atoms with Crippen molar-refractivity contribution in [1.29, 1.82) is 0 Å². The Labute approximate surface area is 239 Å². The Hall–Kier alpha value is -4.28. The van der Waals surface area contributed by atoms with Crippen LogP contribution < -0.4 is 10.6 Å². The molecule has 0 saturated carbocycles. The highest BCUT2D eigenvalue weighted by atomic mass is 16.6. The van der Waals surface area contributed by atoms with Gasteiger partial charge in [0.2, 0.25) is 11.8 Å². The highest BCUT2D eigenvalue weighted by Gasteiger charge is 2.35. The van der Waals surface area contributed by atoms with Gasteiger partial charge in [-0.3, -0.25) is 19.2 Å². The molecule has 41 heavy (non-hydrogen) atoms. The summed E-state index contributed by atoms with van der Waals surface area (Å²) in [6, 6.07) is 9.35.